The van der Waals surface area contributed by atoms with E-state index < -0.39 is 33.9 Å². The van der Waals surface area contributed by atoms with Gasteiger partial charge in [-0.15, -0.1) is 0 Å². The molecular formula is C8H3F6S. The van der Waals surface area contributed by atoms with Crippen molar-refractivity contribution in [3.8, 4) is 0 Å². The van der Waals surface area contributed by atoms with Crippen LogP contribution in [0.25, 0.3) is 0 Å². The van der Waals surface area contributed by atoms with Gasteiger partial charge in [0.25, 0.3) is 0 Å². The molecule has 1 rings (SSSR count). The molecule has 0 spiro atoms. The Hall–Kier alpha value is -0.850. The highest BCUT2D eigenvalue weighted by molar-refractivity contribution is 8.00. The highest BCUT2D eigenvalue weighted by Crippen LogP contribution is 2.43. The molecule has 0 nitrogen and oxygen atoms in total. The van der Waals surface area contributed by atoms with Gasteiger partial charge < -0.3 is 0 Å². The first-order chi connectivity index (χ1) is 6.70. The summed E-state index contributed by atoms with van der Waals surface area (Å²) in [6.45, 7) is 0. The fraction of sp³-hybridized carbons (Fsp3) is 0.250. The summed E-state index contributed by atoms with van der Waals surface area (Å²) in [5.74, 6) is 0. The lowest BCUT2D eigenvalue weighted by atomic mass is 10.2. The van der Waals surface area contributed by atoms with Crippen molar-refractivity contribution >= 4 is 11.8 Å². The van der Waals surface area contributed by atoms with Crippen LogP contribution >= 0.6 is 11.8 Å². The van der Waals surface area contributed by atoms with Crippen LogP contribution in [0.2, 0.25) is 0 Å². The smallest absolute Gasteiger partial charge is 0.166 e. The maximum Gasteiger partial charge on any atom is 0.446 e. The van der Waals surface area contributed by atoms with E-state index in [1.807, 2.05) is 0 Å². The third-order valence-corrected chi connectivity index (χ3v) is 2.12. The van der Waals surface area contributed by atoms with Gasteiger partial charge in [0.15, 0.2) is 0 Å². The first-order valence-corrected chi connectivity index (χ1v) is 4.35. The third-order valence-electron chi connectivity index (χ3n) is 1.33. The number of benzene rings is 1. The minimum atomic E-state index is -4.82. The maximum atomic E-state index is 12.2. The molecule has 0 atom stereocenters. The van der Waals surface area contributed by atoms with Crippen molar-refractivity contribution in [3.63, 3.8) is 0 Å². The molecule has 0 fully saturated rings. The van der Waals surface area contributed by atoms with Gasteiger partial charge in [-0.05, 0) is 23.9 Å². The van der Waals surface area contributed by atoms with Crippen LogP contribution in [0.3, 0.4) is 0 Å². The maximum absolute atomic E-state index is 12.2. The van der Waals surface area contributed by atoms with Crippen molar-refractivity contribution in [2.75, 3.05) is 0 Å². The van der Waals surface area contributed by atoms with E-state index in [0.717, 1.165) is 18.2 Å². The summed E-state index contributed by atoms with van der Waals surface area (Å²) >= 11 is -0.797. The molecule has 83 valence electrons. The number of rotatable bonds is 1. The molecule has 15 heavy (non-hydrogen) atoms. The Morgan fingerprint density at radius 3 is 2.13 bits per heavy atom. The zero-order valence-corrected chi connectivity index (χ0v) is 7.72. The van der Waals surface area contributed by atoms with Gasteiger partial charge in [0, 0.05) is 4.90 Å². The first kappa shape index (κ1) is 12.2. The minimum absolute atomic E-state index is 0.761. The average Bonchev–Trinajstić information content (AvgIpc) is 1.99. The molecule has 0 amide bonds. The van der Waals surface area contributed by atoms with Crippen LogP contribution in [0.4, 0.5) is 26.3 Å². The molecular weight excluding hydrogens is 242 g/mol. The van der Waals surface area contributed by atoms with Crippen molar-refractivity contribution in [1.29, 1.82) is 0 Å². The van der Waals surface area contributed by atoms with Crippen LogP contribution < -0.4 is 0 Å². The van der Waals surface area contributed by atoms with Crippen molar-refractivity contribution in [2.45, 2.75) is 16.6 Å². The van der Waals surface area contributed by atoms with E-state index in [1.165, 1.54) is 0 Å². The molecule has 0 aromatic heterocycles. The summed E-state index contributed by atoms with van der Waals surface area (Å²) in [4.78, 5) is -0.891. The predicted octanol–water partition coefficient (Wildman–Crippen LogP) is 4.12. The van der Waals surface area contributed by atoms with Crippen LogP contribution in [-0.4, -0.2) is 5.51 Å². The second-order valence-electron chi connectivity index (χ2n) is 2.45. The Labute approximate surface area is 85.3 Å². The summed E-state index contributed by atoms with van der Waals surface area (Å²) in [5, 5.41) is 0. The van der Waals surface area contributed by atoms with E-state index >= 15 is 0 Å². The van der Waals surface area contributed by atoms with Gasteiger partial charge in [-0.3, -0.25) is 0 Å². The topological polar surface area (TPSA) is 0 Å². The van der Waals surface area contributed by atoms with Crippen molar-refractivity contribution in [3.05, 3.63) is 29.8 Å². The second-order valence-corrected chi connectivity index (χ2v) is 3.56. The molecule has 1 aromatic carbocycles. The summed E-state index contributed by atoms with van der Waals surface area (Å²) in [7, 11) is 0. The normalized spacial score (nSPS) is 12.9. The van der Waals surface area contributed by atoms with Gasteiger partial charge in [-0.2, -0.15) is 26.3 Å². The molecule has 0 heterocycles. The highest BCUT2D eigenvalue weighted by atomic mass is 32.2. The molecule has 0 aliphatic carbocycles. The van der Waals surface area contributed by atoms with Gasteiger partial charge in [-0.1, -0.05) is 12.1 Å². The van der Waals surface area contributed by atoms with Crippen LogP contribution in [0.5, 0.6) is 0 Å². The number of hydrogen-bond donors (Lipinski definition) is 0. The lowest BCUT2D eigenvalue weighted by Gasteiger charge is -2.12. The fourth-order valence-corrected chi connectivity index (χ4v) is 1.53. The summed E-state index contributed by atoms with van der Waals surface area (Å²) in [5.41, 5.74) is -6.14. The van der Waals surface area contributed by atoms with Gasteiger partial charge in [0.1, 0.15) is 0 Å². The van der Waals surface area contributed by atoms with Crippen molar-refractivity contribution in [1.82, 2.24) is 0 Å². The van der Waals surface area contributed by atoms with E-state index in [0.29, 0.717) is 0 Å². The van der Waals surface area contributed by atoms with Crippen LogP contribution in [0.1, 0.15) is 5.56 Å². The fourth-order valence-electron chi connectivity index (χ4n) is 0.853. The highest BCUT2D eigenvalue weighted by Gasteiger charge is 2.38. The van der Waals surface area contributed by atoms with E-state index in [1.54, 1.807) is 6.07 Å². The van der Waals surface area contributed by atoms with Gasteiger partial charge in [-0.25, -0.2) is 0 Å². The van der Waals surface area contributed by atoms with Gasteiger partial charge >= 0.3 is 11.7 Å². The van der Waals surface area contributed by atoms with E-state index in [2.05, 4.69) is 0 Å². The third kappa shape index (κ3) is 3.65. The summed E-state index contributed by atoms with van der Waals surface area (Å²) < 4.78 is 72.3. The Morgan fingerprint density at radius 1 is 1.07 bits per heavy atom. The molecule has 0 aliphatic heterocycles. The molecule has 1 aromatic rings. The molecule has 0 unspecified atom stereocenters. The first-order valence-electron chi connectivity index (χ1n) is 3.54. The van der Waals surface area contributed by atoms with Crippen LogP contribution in [0.15, 0.2) is 23.1 Å². The standard InChI is InChI=1S/C8H3F6S/c9-7(10,11)5-3-1-2-4-6(5)15-8(12,13)14/h1-2,4H. The Morgan fingerprint density at radius 2 is 1.67 bits per heavy atom. The summed E-state index contributed by atoms with van der Waals surface area (Å²) in [6, 6.07) is 4.51. The number of halogens is 6. The number of hydrogen-bond acceptors (Lipinski definition) is 1. The molecule has 7 heteroatoms. The van der Waals surface area contributed by atoms with E-state index in [4.69, 9.17) is 0 Å². The minimum Gasteiger partial charge on any atom is -0.166 e. The largest absolute Gasteiger partial charge is 0.446 e. The van der Waals surface area contributed by atoms with E-state index in [-0.39, 0.29) is 0 Å². The number of thioether (sulfide) groups is 1. The molecule has 1 radical (unpaired) electrons. The van der Waals surface area contributed by atoms with Crippen LogP contribution in [0, 0.1) is 6.07 Å². The molecule has 0 saturated carbocycles. The van der Waals surface area contributed by atoms with Crippen LogP contribution in [-0.2, 0) is 6.18 Å². The van der Waals surface area contributed by atoms with Crippen molar-refractivity contribution in [2.24, 2.45) is 0 Å². The molecule has 0 bridgehead atoms. The Kier molecular flexibility index (Phi) is 3.22. The van der Waals surface area contributed by atoms with Gasteiger partial charge in [0.05, 0.1) is 5.56 Å². The predicted molar refractivity (Wildman–Crippen MR) is 42.2 cm³/mol. The Balaban J connectivity index is 3.08. The summed E-state index contributed by atoms with van der Waals surface area (Å²) in [6.07, 6.45) is -4.82. The lowest BCUT2D eigenvalue weighted by molar-refractivity contribution is -0.140. The average molecular weight is 245 g/mol. The molecule has 0 saturated heterocycles. The SMILES string of the molecule is FC(F)(F)Sc1ccc[c]c1C(F)(F)F. The Bertz CT molecular complexity index is 340. The molecule has 0 aliphatic rings. The van der Waals surface area contributed by atoms with E-state index in [9.17, 15) is 26.3 Å². The zero-order valence-electron chi connectivity index (χ0n) is 6.91. The monoisotopic (exact) mass is 245 g/mol. The second kappa shape index (κ2) is 3.96. The zero-order chi connectivity index (χ0) is 11.7. The molecule has 0 N–H and O–H groups in total. The van der Waals surface area contributed by atoms with Crippen molar-refractivity contribution < 1.29 is 26.3 Å². The quantitative estimate of drug-likeness (QED) is 0.529. The van der Waals surface area contributed by atoms with Gasteiger partial charge in [0.2, 0.25) is 0 Å². The number of alkyl halides is 6. The lowest BCUT2D eigenvalue weighted by Crippen LogP contribution is -2.09.